The van der Waals surface area contributed by atoms with E-state index in [0.717, 1.165) is 0 Å². The number of hydrogen-bond donors (Lipinski definition) is 1. The lowest BCUT2D eigenvalue weighted by Crippen LogP contribution is -2.50. The first kappa shape index (κ1) is 13.1. The highest BCUT2D eigenvalue weighted by Crippen LogP contribution is 2.33. The smallest absolute Gasteiger partial charge is 0.0283 e. The lowest BCUT2D eigenvalue weighted by atomic mass is 9.80. The number of benzene rings is 1. The number of nitrogens with one attached hydrogen (secondary N) is 1. The molecule has 0 aromatic heterocycles. The van der Waals surface area contributed by atoms with Gasteiger partial charge in [-0.1, -0.05) is 49.6 Å². The van der Waals surface area contributed by atoms with Crippen molar-refractivity contribution in [3.63, 3.8) is 0 Å². The third-order valence-electron chi connectivity index (χ3n) is 4.70. The molecule has 2 aliphatic rings. The Labute approximate surface area is 117 Å². The predicted molar refractivity (Wildman–Crippen MR) is 80.0 cm³/mol. The predicted octanol–water partition coefficient (Wildman–Crippen LogP) is 3.70. The molecule has 1 aliphatic carbocycles. The van der Waals surface area contributed by atoms with Crippen LogP contribution >= 0.6 is 0 Å². The first-order chi connectivity index (χ1) is 9.43. The van der Waals surface area contributed by atoms with Crippen molar-refractivity contribution in [3.8, 4) is 0 Å². The number of rotatable bonds is 3. The molecule has 2 nitrogen and oxygen atoms in total. The minimum absolute atomic E-state index is 0.647. The van der Waals surface area contributed by atoms with Gasteiger partial charge in [0.1, 0.15) is 0 Å². The Morgan fingerprint density at radius 1 is 0.842 bits per heavy atom. The van der Waals surface area contributed by atoms with Crippen molar-refractivity contribution in [2.45, 2.75) is 56.9 Å². The number of nitrogens with zero attached hydrogens (tertiary/aromatic N) is 1. The molecule has 2 heteroatoms. The van der Waals surface area contributed by atoms with Crippen LogP contribution in [0.2, 0.25) is 0 Å². The van der Waals surface area contributed by atoms with Gasteiger partial charge in [0, 0.05) is 25.0 Å². The quantitative estimate of drug-likeness (QED) is 0.889. The van der Waals surface area contributed by atoms with Gasteiger partial charge in [0.25, 0.3) is 0 Å². The Hall–Kier alpha value is -0.860. The van der Waals surface area contributed by atoms with Crippen LogP contribution in [-0.4, -0.2) is 24.1 Å². The monoisotopic (exact) mass is 258 g/mol. The molecule has 2 atom stereocenters. The van der Waals surface area contributed by atoms with Gasteiger partial charge >= 0.3 is 0 Å². The molecule has 2 unspecified atom stereocenters. The Morgan fingerprint density at radius 2 is 1.58 bits per heavy atom. The van der Waals surface area contributed by atoms with Gasteiger partial charge in [-0.15, -0.1) is 0 Å². The molecule has 1 aromatic carbocycles. The fourth-order valence-electron chi connectivity index (χ4n) is 3.64. The fourth-order valence-corrected chi connectivity index (χ4v) is 3.64. The zero-order valence-corrected chi connectivity index (χ0v) is 11.9. The summed E-state index contributed by atoms with van der Waals surface area (Å²) in [5.41, 5.74) is 5.36. The zero-order chi connectivity index (χ0) is 12.9. The summed E-state index contributed by atoms with van der Waals surface area (Å²) in [4.78, 5) is 0. The molecule has 1 aliphatic heterocycles. The van der Waals surface area contributed by atoms with Crippen LogP contribution in [0.25, 0.3) is 0 Å². The van der Waals surface area contributed by atoms with Crippen LogP contribution < -0.4 is 5.43 Å². The SMILES string of the molecule is c1ccc(C2CCCCC2NN2CCCCC2)cc1. The van der Waals surface area contributed by atoms with E-state index < -0.39 is 0 Å². The van der Waals surface area contributed by atoms with Gasteiger partial charge in [-0.3, -0.25) is 5.43 Å². The zero-order valence-electron chi connectivity index (χ0n) is 11.9. The van der Waals surface area contributed by atoms with Crippen LogP contribution in [-0.2, 0) is 0 Å². The molecule has 0 bridgehead atoms. The summed E-state index contributed by atoms with van der Waals surface area (Å²) in [7, 11) is 0. The fraction of sp³-hybridized carbons (Fsp3) is 0.647. The summed E-state index contributed by atoms with van der Waals surface area (Å²) in [6.45, 7) is 2.47. The topological polar surface area (TPSA) is 15.3 Å². The molecule has 3 rings (SSSR count). The molecule has 1 aromatic rings. The summed E-state index contributed by atoms with van der Waals surface area (Å²) in [5, 5.41) is 2.48. The maximum atomic E-state index is 3.84. The third-order valence-corrected chi connectivity index (χ3v) is 4.70. The lowest BCUT2D eigenvalue weighted by Gasteiger charge is -2.38. The van der Waals surface area contributed by atoms with Crippen molar-refractivity contribution in [1.82, 2.24) is 10.4 Å². The summed E-state index contributed by atoms with van der Waals surface area (Å²) in [6.07, 6.45) is 9.56. The Bertz CT molecular complexity index is 370. The number of hydrazine groups is 1. The summed E-state index contributed by atoms with van der Waals surface area (Å²) in [6, 6.07) is 11.7. The van der Waals surface area contributed by atoms with Crippen LogP contribution in [0.5, 0.6) is 0 Å². The number of hydrogen-bond acceptors (Lipinski definition) is 2. The van der Waals surface area contributed by atoms with Gasteiger partial charge in [0.15, 0.2) is 0 Å². The molecular weight excluding hydrogens is 232 g/mol. The van der Waals surface area contributed by atoms with Crippen LogP contribution in [0, 0.1) is 0 Å². The summed E-state index contributed by atoms with van der Waals surface area (Å²) >= 11 is 0. The van der Waals surface area contributed by atoms with E-state index in [2.05, 4.69) is 40.8 Å². The third kappa shape index (κ3) is 3.37. The highest BCUT2D eigenvalue weighted by molar-refractivity contribution is 5.21. The van der Waals surface area contributed by atoms with Crippen molar-refractivity contribution < 1.29 is 0 Å². The second-order valence-corrected chi connectivity index (χ2v) is 6.08. The summed E-state index contributed by atoms with van der Waals surface area (Å²) in [5.74, 6) is 0.705. The molecule has 1 N–H and O–H groups in total. The van der Waals surface area contributed by atoms with Gasteiger partial charge in [0.05, 0.1) is 0 Å². The van der Waals surface area contributed by atoms with E-state index in [-0.39, 0.29) is 0 Å². The van der Waals surface area contributed by atoms with Crippen LogP contribution in [0.15, 0.2) is 30.3 Å². The van der Waals surface area contributed by atoms with E-state index in [1.54, 1.807) is 0 Å². The second-order valence-electron chi connectivity index (χ2n) is 6.08. The van der Waals surface area contributed by atoms with E-state index in [4.69, 9.17) is 0 Å². The minimum Gasteiger partial charge on any atom is -0.252 e. The molecule has 19 heavy (non-hydrogen) atoms. The van der Waals surface area contributed by atoms with Crippen molar-refractivity contribution in [2.75, 3.05) is 13.1 Å². The second kappa shape index (κ2) is 6.53. The van der Waals surface area contributed by atoms with Crippen molar-refractivity contribution in [3.05, 3.63) is 35.9 Å². The molecule has 0 spiro atoms. The Morgan fingerprint density at radius 3 is 2.37 bits per heavy atom. The van der Waals surface area contributed by atoms with Crippen LogP contribution in [0.4, 0.5) is 0 Å². The lowest BCUT2D eigenvalue weighted by molar-refractivity contribution is 0.105. The highest BCUT2D eigenvalue weighted by Gasteiger charge is 2.27. The van der Waals surface area contributed by atoms with Crippen LogP contribution in [0.1, 0.15) is 56.4 Å². The van der Waals surface area contributed by atoms with E-state index in [0.29, 0.717) is 12.0 Å². The molecule has 2 fully saturated rings. The molecule has 0 amide bonds. The average molecular weight is 258 g/mol. The normalized spacial score (nSPS) is 29.3. The molecule has 1 saturated carbocycles. The first-order valence-electron chi connectivity index (χ1n) is 7.99. The Balaban J connectivity index is 1.66. The maximum absolute atomic E-state index is 3.84. The van der Waals surface area contributed by atoms with E-state index in [9.17, 15) is 0 Å². The average Bonchev–Trinajstić information content (AvgIpc) is 2.50. The van der Waals surface area contributed by atoms with Crippen molar-refractivity contribution in [2.24, 2.45) is 0 Å². The van der Waals surface area contributed by atoms with Gasteiger partial charge < -0.3 is 0 Å². The molecule has 1 saturated heterocycles. The largest absolute Gasteiger partial charge is 0.252 e. The standard InChI is InChI=1S/C17H26N2/c1-3-9-15(10-4-1)16-11-5-6-12-17(16)18-19-13-7-2-8-14-19/h1,3-4,9-10,16-18H,2,5-8,11-14H2. The first-order valence-corrected chi connectivity index (χ1v) is 7.99. The molecule has 0 radical (unpaired) electrons. The van der Waals surface area contributed by atoms with Gasteiger partial charge in [-0.05, 0) is 31.2 Å². The van der Waals surface area contributed by atoms with Gasteiger partial charge in [-0.25, -0.2) is 5.01 Å². The maximum Gasteiger partial charge on any atom is 0.0283 e. The van der Waals surface area contributed by atoms with E-state index in [1.165, 1.54) is 63.6 Å². The number of piperidine rings is 1. The highest BCUT2D eigenvalue weighted by atomic mass is 15.5. The minimum atomic E-state index is 0.647. The molecule has 104 valence electrons. The van der Waals surface area contributed by atoms with Crippen molar-refractivity contribution >= 4 is 0 Å². The molecular formula is C17H26N2. The van der Waals surface area contributed by atoms with Crippen molar-refractivity contribution in [1.29, 1.82) is 0 Å². The Kier molecular flexibility index (Phi) is 4.52. The van der Waals surface area contributed by atoms with Gasteiger partial charge in [-0.2, -0.15) is 0 Å². The summed E-state index contributed by atoms with van der Waals surface area (Å²) < 4.78 is 0. The van der Waals surface area contributed by atoms with E-state index >= 15 is 0 Å². The van der Waals surface area contributed by atoms with Crippen LogP contribution in [0.3, 0.4) is 0 Å². The van der Waals surface area contributed by atoms with E-state index in [1.807, 2.05) is 0 Å². The molecule has 1 heterocycles. The van der Waals surface area contributed by atoms with Gasteiger partial charge in [0.2, 0.25) is 0 Å².